The van der Waals surface area contributed by atoms with Gasteiger partial charge in [0.25, 0.3) is 0 Å². The molecule has 26 heavy (non-hydrogen) atoms. The van der Waals surface area contributed by atoms with Crippen molar-refractivity contribution < 1.29 is 17.6 Å². The Bertz CT molecular complexity index is 737. The van der Waals surface area contributed by atoms with Gasteiger partial charge in [-0.25, -0.2) is 17.5 Å². The van der Waals surface area contributed by atoms with E-state index in [1.807, 2.05) is 11.8 Å². The number of amides is 1. The molecule has 3 rings (SSSR count). The summed E-state index contributed by atoms with van der Waals surface area (Å²) in [6.45, 7) is 2.95. The molecule has 144 valence electrons. The largest absolute Gasteiger partial charge is 0.342 e. The SMILES string of the molecule is CCCS(=O)(=O)NC1CCN(C(=O)C2(c3ccc(F)cc3)CCC2)CC1. The van der Waals surface area contributed by atoms with Gasteiger partial charge in [-0.05, 0) is 49.8 Å². The lowest BCUT2D eigenvalue weighted by Crippen LogP contribution is -2.55. The normalized spacial score (nSPS) is 20.6. The number of likely N-dealkylation sites (tertiary alicyclic amines) is 1. The van der Waals surface area contributed by atoms with Gasteiger partial charge in [-0.3, -0.25) is 4.79 Å². The van der Waals surface area contributed by atoms with Gasteiger partial charge in [-0.2, -0.15) is 0 Å². The summed E-state index contributed by atoms with van der Waals surface area (Å²) in [5, 5.41) is 0. The average Bonchev–Trinajstić information content (AvgIpc) is 2.55. The number of nitrogens with one attached hydrogen (secondary N) is 1. The lowest BCUT2D eigenvalue weighted by atomic mass is 9.63. The molecule has 1 amide bonds. The third-order valence-corrected chi connectivity index (χ3v) is 7.25. The molecule has 1 saturated carbocycles. The second-order valence-electron chi connectivity index (χ2n) is 7.45. The second-order valence-corrected chi connectivity index (χ2v) is 9.32. The van der Waals surface area contributed by atoms with Crippen molar-refractivity contribution in [1.82, 2.24) is 9.62 Å². The van der Waals surface area contributed by atoms with E-state index < -0.39 is 15.4 Å². The third kappa shape index (κ3) is 3.93. The molecule has 2 fully saturated rings. The molecule has 0 radical (unpaired) electrons. The smallest absolute Gasteiger partial charge is 0.233 e. The number of carbonyl (C=O) groups is 1. The Balaban J connectivity index is 1.63. The van der Waals surface area contributed by atoms with E-state index in [2.05, 4.69) is 4.72 Å². The van der Waals surface area contributed by atoms with Crippen molar-refractivity contribution in [3.05, 3.63) is 35.6 Å². The molecule has 1 aromatic carbocycles. The highest BCUT2D eigenvalue weighted by Crippen LogP contribution is 2.45. The first-order valence-corrected chi connectivity index (χ1v) is 11.1. The number of sulfonamides is 1. The number of nitrogens with zero attached hydrogens (tertiary/aromatic N) is 1. The van der Waals surface area contributed by atoms with Crippen molar-refractivity contribution in [3.8, 4) is 0 Å². The van der Waals surface area contributed by atoms with Crippen molar-refractivity contribution in [1.29, 1.82) is 0 Å². The minimum atomic E-state index is -3.23. The third-order valence-electron chi connectivity index (χ3n) is 5.61. The number of benzene rings is 1. The summed E-state index contributed by atoms with van der Waals surface area (Å²) >= 11 is 0. The maximum Gasteiger partial charge on any atom is 0.233 e. The van der Waals surface area contributed by atoms with Gasteiger partial charge >= 0.3 is 0 Å². The van der Waals surface area contributed by atoms with Crippen LogP contribution < -0.4 is 4.72 Å². The number of rotatable bonds is 6. The van der Waals surface area contributed by atoms with Crippen LogP contribution in [0.5, 0.6) is 0 Å². The number of carbonyl (C=O) groups excluding carboxylic acids is 1. The summed E-state index contributed by atoms with van der Waals surface area (Å²) < 4.78 is 39.8. The molecule has 0 spiro atoms. The van der Waals surface area contributed by atoms with Crippen LogP contribution in [-0.4, -0.2) is 44.1 Å². The second kappa shape index (κ2) is 7.64. The highest BCUT2D eigenvalue weighted by Gasteiger charge is 2.48. The standard InChI is InChI=1S/C19H27FN2O3S/c1-2-14-26(24,25)21-17-8-12-22(13-9-17)18(23)19(10-3-11-19)15-4-6-16(20)7-5-15/h4-7,17,21H,2-3,8-14H2,1H3. The quantitative estimate of drug-likeness (QED) is 0.822. The van der Waals surface area contributed by atoms with Crippen LogP contribution in [-0.2, 0) is 20.2 Å². The molecular weight excluding hydrogens is 355 g/mol. The Hall–Kier alpha value is -1.47. The van der Waals surface area contributed by atoms with Crippen LogP contribution in [0.25, 0.3) is 0 Å². The topological polar surface area (TPSA) is 66.5 Å². The highest BCUT2D eigenvalue weighted by atomic mass is 32.2. The molecule has 1 N–H and O–H groups in total. The van der Waals surface area contributed by atoms with Gasteiger partial charge in [0.1, 0.15) is 5.82 Å². The molecular formula is C19H27FN2O3S. The van der Waals surface area contributed by atoms with E-state index in [4.69, 9.17) is 0 Å². The summed E-state index contributed by atoms with van der Waals surface area (Å²) in [6, 6.07) is 6.17. The Morgan fingerprint density at radius 3 is 2.35 bits per heavy atom. The molecule has 0 aromatic heterocycles. The fourth-order valence-electron chi connectivity index (χ4n) is 4.01. The zero-order valence-electron chi connectivity index (χ0n) is 15.2. The maximum atomic E-state index is 13.2. The van der Waals surface area contributed by atoms with E-state index in [-0.39, 0.29) is 23.5 Å². The molecule has 5 nitrogen and oxygen atoms in total. The Morgan fingerprint density at radius 2 is 1.85 bits per heavy atom. The van der Waals surface area contributed by atoms with Crippen LogP contribution in [0, 0.1) is 5.82 Å². The molecule has 2 aliphatic rings. The lowest BCUT2D eigenvalue weighted by Gasteiger charge is -2.45. The Morgan fingerprint density at radius 1 is 1.23 bits per heavy atom. The van der Waals surface area contributed by atoms with Crippen molar-refractivity contribution in [2.75, 3.05) is 18.8 Å². The van der Waals surface area contributed by atoms with Gasteiger partial charge in [0.15, 0.2) is 0 Å². The van der Waals surface area contributed by atoms with Gasteiger partial charge in [0, 0.05) is 19.1 Å². The summed E-state index contributed by atoms with van der Waals surface area (Å²) in [5.41, 5.74) is 0.364. The van der Waals surface area contributed by atoms with Crippen molar-refractivity contribution >= 4 is 15.9 Å². The molecule has 0 atom stereocenters. The maximum absolute atomic E-state index is 13.2. The first-order valence-electron chi connectivity index (χ1n) is 9.42. The fourth-order valence-corrected chi connectivity index (χ4v) is 5.41. The molecule has 1 aliphatic carbocycles. The zero-order valence-corrected chi connectivity index (χ0v) is 16.0. The number of hydrogen-bond donors (Lipinski definition) is 1. The van der Waals surface area contributed by atoms with Gasteiger partial charge in [-0.15, -0.1) is 0 Å². The molecule has 0 bridgehead atoms. The van der Waals surface area contributed by atoms with E-state index in [9.17, 15) is 17.6 Å². The molecule has 7 heteroatoms. The molecule has 1 aromatic rings. The van der Waals surface area contributed by atoms with E-state index >= 15 is 0 Å². The first-order chi connectivity index (χ1) is 12.4. The van der Waals surface area contributed by atoms with Crippen LogP contribution in [0.15, 0.2) is 24.3 Å². The van der Waals surface area contributed by atoms with Crippen LogP contribution in [0.4, 0.5) is 4.39 Å². The summed E-state index contributed by atoms with van der Waals surface area (Å²) in [6.07, 6.45) is 4.44. The molecule has 1 heterocycles. The Kier molecular flexibility index (Phi) is 5.67. The molecule has 1 aliphatic heterocycles. The summed E-state index contributed by atoms with van der Waals surface area (Å²) in [7, 11) is -3.23. The monoisotopic (exact) mass is 382 g/mol. The minimum absolute atomic E-state index is 0.0984. The molecule has 1 saturated heterocycles. The summed E-state index contributed by atoms with van der Waals surface area (Å²) in [5.74, 6) is -0.0547. The van der Waals surface area contributed by atoms with E-state index in [0.717, 1.165) is 24.8 Å². The van der Waals surface area contributed by atoms with Gasteiger partial charge in [0.2, 0.25) is 15.9 Å². The van der Waals surface area contributed by atoms with Crippen LogP contribution in [0.1, 0.15) is 51.0 Å². The average molecular weight is 383 g/mol. The van der Waals surface area contributed by atoms with Gasteiger partial charge in [-0.1, -0.05) is 25.5 Å². The van der Waals surface area contributed by atoms with Gasteiger partial charge < -0.3 is 4.90 Å². The van der Waals surface area contributed by atoms with Crippen molar-refractivity contribution in [3.63, 3.8) is 0 Å². The van der Waals surface area contributed by atoms with Crippen LogP contribution >= 0.6 is 0 Å². The number of hydrogen-bond acceptors (Lipinski definition) is 3. The van der Waals surface area contributed by atoms with Crippen molar-refractivity contribution in [2.45, 2.75) is 56.9 Å². The van der Waals surface area contributed by atoms with Crippen LogP contribution in [0.2, 0.25) is 0 Å². The van der Waals surface area contributed by atoms with E-state index in [1.165, 1.54) is 12.1 Å². The lowest BCUT2D eigenvalue weighted by molar-refractivity contribution is -0.142. The predicted molar refractivity (Wildman–Crippen MR) is 98.7 cm³/mol. The zero-order chi connectivity index (χ0) is 18.8. The fraction of sp³-hybridized carbons (Fsp3) is 0.632. The minimum Gasteiger partial charge on any atom is -0.342 e. The Labute approximate surface area is 155 Å². The van der Waals surface area contributed by atoms with Crippen molar-refractivity contribution in [2.24, 2.45) is 0 Å². The molecule has 0 unspecified atom stereocenters. The summed E-state index contributed by atoms with van der Waals surface area (Å²) in [4.78, 5) is 15.0. The van der Waals surface area contributed by atoms with E-state index in [1.54, 1.807) is 12.1 Å². The predicted octanol–water partition coefficient (Wildman–Crippen LogP) is 2.57. The highest BCUT2D eigenvalue weighted by molar-refractivity contribution is 7.89. The van der Waals surface area contributed by atoms with Gasteiger partial charge in [0.05, 0.1) is 11.2 Å². The number of halogens is 1. The van der Waals surface area contributed by atoms with Crippen LogP contribution in [0.3, 0.4) is 0 Å². The number of piperidine rings is 1. The van der Waals surface area contributed by atoms with E-state index in [0.29, 0.717) is 32.4 Å². The first kappa shape index (κ1) is 19.3.